The van der Waals surface area contributed by atoms with Gasteiger partial charge in [0.15, 0.2) is 0 Å². The molecule has 88 valence electrons. The Morgan fingerprint density at radius 1 is 1.47 bits per heavy atom. The van der Waals surface area contributed by atoms with Gasteiger partial charge in [0.05, 0.1) is 18.7 Å². The highest BCUT2D eigenvalue weighted by Gasteiger charge is 2.04. The Labute approximate surface area is 101 Å². The monoisotopic (exact) mass is 249 g/mol. The number of carbonyl (C=O) groups is 1. The van der Waals surface area contributed by atoms with Gasteiger partial charge >= 0.3 is 5.97 Å². The molecule has 2 rings (SSSR count). The van der Waals surface area contributed by atoms with Crippen molar-refractivity contribution in [1.29, 1.82) is 5.41 Å². The van der Waals surface area contributed by atoms with Crippen LogP contribution in [0.15, 0.2) is 29.0 Å². The fraction of sp³-hybridized carbons (Fsp3) is 0.182. The molecule has 0 aromatic carbocycles. The summed E-state index contributed by atoms with van der Waals surface area (Å²) in [6, 6.07) is 5.33. The summed E-state index contributed by atoms with van der Waals surface area (Å²) < 4.78 is 1.40. The van der Waals surface area contributed by atoms with E-state index in [9.17, 15) is 4.79 Å². The molecule has 0 saturated heterocycles. The van der Waals surface area contributed by atoms with Gasteiger partial charge in [-0.15, -0.1) is 0 Å². The zero-order chi connectivity index (χ0) is 12.3. The Hall–Kier alpha value is -1.95. The van der Waals surface area contributed by atoms with E-state index in [1.807, 2.05) is 16.8 Å². The van der Waals surface area contributed by atoms with Crippen molar-refractivity contribution in [2.24, 2.45) is 0 Å². The van der Waals surface area contributed by atoms with Gasteiger partial charge in [-0.05, 0) is 23.6 Å². The van der Waals surface area contributed by atoms with Crippen molar-refractivity contribution in [1.82, 2.24) is 9.78 Å². The van der Waals surface area contributed by atoms with E-state index in [2.05, 4.69) is 5.10 Å². The van der Waals surface area contributed by atoms with E-state index in [-0.39, 0.29) is 18.5 Å². The third kappa shape index (κ3) is 2.79. The second-order valence-corrected chi connectivity index (χ2v) is 4.26. The molecule has 0 bridgehead atoms. The van der Waals surface area contributed by atoms with E-state index >= 15 is 0 Å². The first kappa shape index (κ1) is 11.5. The molecule has 0 aliphatic heterocycles. The van der Waals surface area contributed by atoms with Crippen LogP contribution in [0.2, 0.25) is 0 Å². The highest BCUT2D eigenvalue weighted by atomic mass is 32.1. The number of rotatable bonds is 4. The molecule has 0 fully saturated rings. The molecular formula is C11H11N3O2S. The zero-order valence-electron chi connectivity index (χ0n) is 8.96. The predicted octanol–water partition coefficient (Wildman–Crippen LogP) is 1.57. The Balaban J connectivity index is 2.30. The molecule has 0 radical (unpaired) electrons. The molecule has 2 aromatic heterocycles. The molecular weight excluding hydrogens is 238 g/mol. The second-order valence-electron chi connectivity index (χ2n) is 3.48. The standard InChI is InChI=1S/C11H11N3O2S/c12-10-2-1-9(8-4-6-17-7-8)13-14(10)5-3-11(15)16/h1-2,4,6-7,12H,3,5H2,(H,15,16). The minimum Gasteiger partial charge on any atom is -0.481 e. The SMILES string of the molecule is N=c1ccc(-c2ccsc2)nn1CCC(=O)O. The van der Waals surface area contributed by atoms with Crippen LogP contribution < -0.4 is 5.49 Å². The molecule has 2 aromatic rings. The first-order valence-electron chi connectivity index (χ1n) is 5.04. The summed E-state index contributed by atoms with van der Waals surface area (Å²) in [7, 11) is 0. The van der Waals surface area contributed by atoms with Gasteiger partial charge in [0.1, 0.15) is 5.49 Å². The number of hydrogen-bond donors (Lipinski definition) is 2. The van der Waals surface area contributed by atoms with Crippen LogP contribution in [-0.2, 0) is 11.3 Å². The lowest BCUT2D eigenvalue weighted by molar-refractivity contribution is -0.137. The third-order valence-corrected chi connectivity index (χ3v) is 2.94. The Morgan fingerprint density at radius 3 is 2.94 bits per heavy atom. The van der Waals surface area contributed by atoms with Gasteiger partial charge < -0.3 is 5.11 Å². The summed E-state index contributed by atoms with van der Waals surface area (Å²) >= 11 is 1.57. The zero-order valence-corrected chi connectivity index (χ0v) is 9.78. The second kappa shape index (κ2) is 4.92. The number of nitrogens with one attached hydrogen (secondary N) is 1. The van der Waals surface area contributed by atoms with E-state index in [0.29, 0.717) is 0 Å². The highest BCUT2D eigenvalue weighted by molar-refractivity contribution is 7.08. The summed E-state index contributed by atoms with van der Waals surface area (Å²) in [5.74, 6) is -0.889. The van der Waals surface area contributed by atoms with Crippen molar-refractivity contribution in [2.45, 2.75) is 13.0 Å². The average Bonchev–Trinajstić information content (AvgIpc) is 2.81. The number of aromatic nitrogens is 2. The molecule has 2 heterocycles. The van der Waals surface area contributed by atoms with E-state index < -0.39 is 5.97 Å². The van der Waals surface area contributed by atoms with Gasteiger partial charge in [-0.1, -0.05) is 0 Å². The van der Waals surface area contributed by atoms with Crippen molar-refractivity contribution in [3.8, 4) is 11.3 Å². The molecule has 0 amide bonds. The molecule has 0 aliphatic carbocycles. The van der Waals surface area contributed by atoms with Crippen molar-refractivity contribution >= 4 is 17.3 Å². The number of thiophene rings is 1. The van der Waals surface area contributed by atoms with Crippen molar-refractivity contribution in [3.05, 3.63) is 34.4 Å². The van der Waals surface area contributed by atoms with Crippen LogP contribution in [0, 0.1) is 5.41 Å². The summed E-state index contributed by atoms with van der Waals surface area (Å²) in [6.07, 6.45) is -0.0311. The molecule has 5 nitrogen and oxygen atoms in total. The van der Waals surface area contributed by atoms with Crippen LogP contribution in [0.5, 0.6) is 0 Å². The Morgan fingerprint density at radius 2 is 2.29 bits per heavy atom. The lowest BCUT2D eigenvalue weighted by Crippen LogP contribution is -2.23. The molecule has 2 N–H and O–H groups in total. The quantitative estimate of drug-likeness (QED) is 0.863. The molecule has 0 spiro atoms. The van der Waals surface area contributed by atoms with Crippen LogP contribution in [0.25, 0.3) is 11.3 Å². The smallest absolute Gasteiger partial charge is 0.305 e. The topological polar surface area (TPSA) is 79.0 Å². The minimum atomic E-state index is -0.889. The molecule has 0 unspecified atom stereocenters. The van der Waals surface area contributed by atoms with Crippen LogP contribution in [0.3, 0.4) is 0 Å². The lowest BCUT2D eigenvalue weighted by atomic mass is 10.2. The molecule has 0 atom stereocenters. The number of carboxylic acid groups (broad SMARTS) is 1. The van der Waals surface area contributed by atoms with Gasteiger partial charge in [-0.25, -0.2) is 4.68 Å². The summed E-state index contributed by atoms with van der Waals surface area (Å²) in [5, 5.41) is 24.4. The molecule has 17 heavy (non-hydrogen) atoms. The Kier molecular flexibility index (Phi) is 3.34. The number of aliphatic carboxylic acids is 1. The van der Waals surface area contributed by atoms with Gasteiger partial charge in [0, 0.05) is 10.9 Å². The van der Waals surface area contributed by atoms with E-state index in [1.54, 1.807) is 23.5 Å². The Bertz CT molecular complexity index is 575. The maximum Gasteiger partial charge on any atom is 0.305 e. The molecule has 0 saturated carbocycles. The highest BCUT2D eigenvalue weighted by Crippen LogP contribution is 2.18. The average molecular weight is 249 g/mol. The van der Waals surface area contributed by atoms with Crippen molar-refractivity contribution in [3.63, 3.8) is 0 Å². The van der Waals surface area contributed by atoms with Gasteiger partial charge in [-0.3, -0.25) is 10.2 Å². The van der Waals surface area contributed by atoms with Crippen LogP contribution in [0.1, 0.15) is 6.42 Å². The third-order valence-electron chi connectivity index (χ3n) is 2.26. The van der Waals surface area contributed by atoms with E-state index in [4.69, 9.17) is 10.5 Å². The maximum absolute atomic E-state index is 10.5. The summed E-state index contributed by atoms with van der Waals surface area (Å²) in [4.78, 5) is 10.5. The lowest BCUT2D eigenvalue weighted by Gasteiger charge is -2.05. The van der Waals surface area contributed by atoms with Gasteiger partial charge in [-0.2, -0.15) is 16.4 Å². The fourth-order valence-electron chi connectivity index (χ4n) is 1.40. The summed E-state index contributed by atoms with van der Waals surface area (Å²) in [5.41, 5.74) is 1.96. The van der Waals surface area contributed by atoms with Crippen molar-refractivity contribution < 1.29 is 9.90 Å². The normalized spacial score (nSPS) is 10.4. The number of aryl methyl sites for hydroxylation is 1. The first-order chi connectivity index (χ1) is 8.16. The number of carboxylic acids is 1. The minimum absolute atomic E-state index is 0.0311. The van der Waals surface area contributed by atoms with Crippen LogP contribution >= 0.6 is 11.3 Å². The predicted molar refractivity (Wildman–Crippen MR) is 63.6 cm³/mol. The summed E-state index contributed by atoms with van der Waals surface area (Å²) in [6.45, 7) is 0.214. The first-order valence-corrected chi connectivity index (χ1v) is 5.98. The maximum atomic E-state index is 10.5. The van der Waals surface area contributed by atoms with Gasteiger partial charge in [0.2, 0.25) is 0 Å². The number of nitrogens with zero attached hydrogens (tertiary/aromatic N) is 2. The van der Waals surface area contributed by atoms with E-state index in [1.165, 1.54) is 4.68 Å². The van der Waals surface area contributed by atoms with Crippen LogP contribution in [0.4, 0.5) is 0 Å². The molecule has 0 aliphatic rings. The largest absolute Gasteiger partial charge is 0.481 e. The van der Waals surface area contributed by atoms with Crippen LogP contribution in [-0.4, -0.2) is 20.9 Å². The molecule has 6 heteroatoms. The fourth-order valence-corrected chi connectivity index (χ4v) is 2.05. The van der Waals surface area contributed by atoms with Gasteiger partial charge in [0.25, 0.3) is 0 Å². The van der Waals surface area contributed by atoms with E-state index in [0.717, 1.165) is 11.3 Å². The number of hydrogen-bond acceptors (Lipinski definition) is 4. The van der Waals surface area contributed by atoms with Crippen molar-refractivity contribution in [2.75, 3.05) is 0 Å².